The molecule has 2 amide bonds. The van der Waals surface area contributed by atoms with Gasteiger partial charge in [0.2, 0.25) is 5.91 Å². The van der Waals surface area contributed by atoms with Gasteiger partial charge in [0.1, 0.15) is 5.82 Å². The molecule has 30 heavy (non-hydrogen) atoms. The lowest BCUT2D eigenvalue weighted by atomic mass is 10.1. The predicted molar refractivity (Wildman–Crippen MR) is 111 cm³/mol. The largest absolute Gasteiger partial charge is 0.350 e. The van der Waals surface area contributed by atoms with E-state index in [1.54, 1.807) is 56.4 Å². The summed E-state index contributed by atoms with van der Waals surface area (Å²) in [6, 6.07) is 12.5. The number of halogens is 1. The molecule has 0 unspecified atom stereocenters. The highest BCUT2D eigenvalue weighted by Crippen LogP contribution is 2.12. The van der Waals surface area contributed by atoms with Crippen LogP contribution >= 0.6 is 0 Å². The number of carbonyl (C=O) groups excluding carboxylic acids is 2. The maximum absolute atomic E-state index is 12.9. The summed E-state index contributed by atoms with van der Waals surface area (Å²) in [5, 5.41) is 2.73. The number of likely N-dealkylation sites (N-methyl/N-ethyl adjacent to an activating group) is 1. The van der Waals surface area contributed by atoms with Gasteiger partial charge >= 0.3 is 5.69 Å². The van der Waals surface area contributed by atoms with Crippen molar-refractivity contribution in [2.75, 3.05) is 13.1 Å². The van der Waals surface area contributed by atoms with Gasteiger partial charge in [0, 0.05) is 30.5 Å². The van der Waals surface area contributed by atoms with Crippen LogP contribution in [0.4, 0.5) is 4.39 Å². The molecule has 0 fully saturated rings. The van der Waals surface area contributed by atoms with Crippen LogP contribution in [-0.2, 0) is 11.3 Å². The molecular formula is C22H23FN4O3. The molecule has 0 radical (unpaired) electrons. The molecule has 0 saturated heterocycles. The van der Waals surface area contributed by atoms with Crippen LogP contribution in [0, 0.1) is 12.7 Å². The number of nitrogens with one attached hydrogen (secondary N) is 2. The summed E-state index contributed by atoms with van der Waals surface area (Å²) in [6.07, 6.45) is 1.62. The molecule has 0 atom stereocenters. The topological polar surface area (TPSA) is 87.2 Å². The number of aryl methyl sites for hydroxylation is 1. The Morgan fingerprint density at radius 2 is 1.77 bits per heavy atom. The summed E-state index contributed by atoms with van der Waals surface area (Å²) in [5.74, 6) is -0.921. The van der Waals surface area contributed by atoms with E-state index in [2.05, 4.69) is 10.3 Å². The molecule has 7 nitrogen and oxygen atoms in total. The number of hydrogen-bond acceptors (Lipinski definition) is 3. The molecule has 0 saturated carbocycles. The molecule has 0 bridgehead atoms. The van der Waals surface area contributed by atoms with Crippen LogP contribution in [0.5, 0.6) is 0 Å². The van der Waals surface area contributed by atoms with Crippen LogP contribution in [0.1, 0.15) is 28.5 Å². The molecule has 1 heterocycles. The highest BCUT2D eigenvalue weighted by molar-refractivity contribution is 5.96. The molecule has 156 valence electrons. The number of aromatic nitrogens is 2. The first-order valence-electron chi connectivity index (χ1n) is 9.57. The normalized spacial score (nSPS) is 10.6. The second-order valence-electron chi connectivity index (χ2n) is 6.84. The Balaban J connectivity index is 1.63. The van der Waals surface area contributed by atoms with Crippen molar-refractivity contribution in [3.8, 4) is 5.69 Å². The van der Waals surface area contributed by atoms with Gasteiger partial charge in [-0.3, -0.25) is 14.2 Å². The summed E-state index contributed by atoms with van der Waals surface area (Å²) in [7, 11) is 0. The highest BCUT2D eigenvalue weighted by Gasteiger charge is 2.17. The Kier molecular flexibility index (Phi) is 6.46. The number of nitrogens with zero attached hydrogens (tertiary/aromatic N) is 2. The lowest BCUT2D eigenvalue weighted by Crippen LogP contribution is -2.40. The van der Waals surface area contributed by atoms with Gasteiger partial charge in [0.15, 0.2) is 0 Å². The van der Waals surface area contributed by atoms with Crippen LogP contribution in [0.2, 0.25) is 0 Å². The Labute approximate surface area is 173 Å². The van der Waals surface area contributed by atoms with E-state index in [-0.39, 0.29) is 36.4 Å². The third-order valence-electron chi connectivity index (χ3n) is 4.74. The van der Waals surface area contributed by atoms with E-state index in [1.807, 2.05) is 0 Å². The fourth-order valence-electron chi connectivity index (χ4n) is 3.07. The minimum absolute atomic E-state index is 0.0886. The second kappa shape index (κ2) is 9.21. The van der Waals surface area contributed by atoms with Gasteiger partial charge in [0.25, 0.3) is 5.91 Å². The molecule has 8 heteroatoms. The summed E-state index contributed by atoms with van der Waals surface area (Å²) < 4.78 is 14.5. The molecule has 0 spiro atoms. The Morgan fingerprint density at radius 1 is 1.10 bits per heavy atom. The zero-order valence-electron chi connectivity index (χ0n) is 16.8. The molecule has 0 aliphatic heterocycles. The van der Waals surface area contributed by atoms with E-state index >= 15 is 0 Å². The van der Waals surface area contributed by atoms with Gasteiger partial charge in [-0.2, -0.15) is 0 Å². The third-order valence-corrected chi connectivity index (χ3v) is 4.74. The Bertz CT molecular complexity index is 1080. The first-order chi connectivity index (χ1) is 14.4. The van der Waals surface area contributed by atoms with Crippen molar-refractivity contribution in [3.05, 3.63) is 87.9 Å². The minimum atomic E-state index is -0.338. The number of rotatable bonds is 7. The second-order valence-corrected chi connectivity index (χ2v) is 6.84. The van der Waals surface area contributed by atoms with Gasteiger partial charge in [-0.25, -0.2) is 9.18 Å². The van der Waals surface area contributed by atoms with Gasteiger partial charge in [-0.15, -0.1) is 0 Å². The molecular weight excluding hydrogens is 387 g/mol. The molecule has 3 rings (SSSR count). The molecule has 2 aromatic carbocycles. The monoisotopic (exact) mass is 410 g/mol. The predicted octanol–water partition coefficient (Wildman–Crippen LogP) is 2.39. The molecule has 0 aliphatic rings. The zero-order valence-corrected chi connectivity index (χ0v) is 16.8. The van der Waals surface area contributed by atoms with E-state index in [4.69, 9.17) is 0 Å². The van der Waals surface area contributed by atoms with E-state index in [0.29, 0.717) is 17.8 Å². The van der Waals surface area contributed by atoms with Crippen molar-refractivity contribution in [1.29, 1.82) is 0 Å². The van der Waals surface area contributed by atoms with Gasteiger partial charge in [0.05, 0.1) is 12.2 Å². The first-order valence-corrected chi connectivity index (χ1v) is 9.57. The zero-order chi connectivity index (χ0) is 21.7. The third kappa shape index (κ3) is 4.83. The SMILES string of the molecule is CCN(CC(=O)NCc1ccc(F)cc1)C(=O)c1ccc(-n2c(C)c[nH]c2=O)cc1. The number of benzene rings is 2. The first kappa shape index (κ1) is 21.0. The van der Waals surface area contributed by atoms with Crippen LogP contribution in [0.3, 0.4) is 0 Å². The highest BCUT2D eigenvalue weighted by atomic mass is 19.1. The number of aromatic amines is 1. The number of carbonyl (C=O) groups is 2. The maximum Gasteiger partial charge on any atom is 0.330 e. The Morgan fingerprint density at radius 3 is 2.33 bits per heavy atom. The van der Waals surface area contributed by atoms with Gasteiger partial charge in [-0.05, 0) is 55.8 Å². The van der Waals surface area contributed by atoms with Crippen molar-refractivity contribution >= 4 is 11.8 Å². The summed E-state index contributed by atoms with van der Waals surface area (Å²) in [6.45, 7) is 4.13. The van der Waals surface area contributed by atoms with Gasteiger partial charge in [-0.1, -0.05) is 12.1 Å². The molecule has 3 aromatic rings. The van der Waals surface area contributed by atoms with Crippen molar-refractivity contribution in [2.45, 2.75) is 20.4 Å². The quantitative estimate of drug-likeness (QED) is 0.627. The number of H-pyrrole nitrogens is 1. The van der Waals surface area contributed by atoms with E-state index in [1.165, 1.54) is 21.6 Å². The number of amides is 2. The van der Waals surface area contributed by atoms with Crippen molar-refractivity contribution in [3.63, 3.8) is 0 Å². The fraction of sp³-hybridized carbons (Fsp3) is 0.227. The lowest BCUT2D eigenvalue weighted by molar-refractivity contribution is -0.121. The van der Waals surface area contributed by atoms with Crippen molar-refractivity contribution in [2.24, 2.45) is 0 Å². The molecule has 0 aliphatic carbocycles. The fourth-order valence-corrected chi connectivity index (χ4v) is 3.07. The van der Waals surface area contributed by atoms with E-state index in [0.717, 1.165) is 11.3 Å². The standard InChI is InChI=1S/C22H23FN4O3/c1-3-26(14-20(28)24-13-16-4-8-18(23)9-5-16)21(29)17-6-10-19(11-7-17)27-15(2)12-25-22(27)30/h4-12H,3,13-14H2,1-2H3,(H,24,28)(H,25,30). The minimum Gasteiger partial charge on any atom is -0.350 e. The molecule has 1 aromatic heterocycles. The Hall–Kier alpha value is -3.68. The van der Waals surface area contributed by atoms with Crippen molar-refractivity contribution in [1.82, 2.24) is 19.8 Å². The van der Waals surface area contributed by atoms with Crippen LogP contribution in [-0.4, -0.2) is 39.4 Å². The summed E-state index contributed by atoms with van der Waals surface area (Å²) in [4.78, 5) is 41.0. The number of imidazole rings is 1. The lowest BCUT2D eigenvalue weighted by Gasteiger charge is -2.20. The average molecular weight is 410 g/mol. The van der Waals surface area contributed by atoms with Crippen molar-refractivity contribution < 1.29 is 14.0 Å². The maximum atomic E-state index is 12.9. The van der Waals surface area contributed by atoms with Gasteiger partial charge < -0.3 is 15.2 Å². The summed E-state index contributed by atoms with van der Waals surface area (Å²) >= 11 is 0. The summed E-state index contributed by atoms with van der Waals surface area (Å²) in [5.41, 5.74) is 2.35. The van der Waals surface area contributed by atoms with Crippen LogP contribution in [0.15, 0.2) is 59.5 Å². The van der Waals surface area contributed by atoms with Crippen LogP contribution < -0.4 is 11.0 Å². The molecule has 2 N–H and O–H groups in total. The van der Waals surface area contributed by atoms with Crippen LogP contribution in [0.25, 0.3) is 5.69 Å². The smallest absolute Gasteiger partial charge is 0.330 e. The van der Waals surface area contributed by atoms with E-state index in [9.17, 15) is 18.8 Å². The number of hydrogen-bond donors (Lipinski definition) is 2. The average Bonchev–Trinajstić information content (AvgIpc) is 3.09. The van der Waals surface area contributed by atoms with E-state index < -0.39 is 0 Å².